The first-order valence-electron chi connectivity index (χ1n) is 6.62. The van der Waals surface area contributed by atoms with Crippen LogP contribution in [0.4, 0.5) is 0 Å². The Morgan fingerprint density at radius 1 is 0.944 bits per heavy atom. The van der Waals surface area contributed by atoms with Crippen molar-refractivity contribution in [2.45, 2.75) is 65.2 Å². The predicted molar refractivity (Wildman–Crippen MR) is 73.0 cm³/mol. The number of hydrogen-bond donors (Lipinski definition) is 3. The Morgan fingerprint density at radius 2 is 1.33 bits per heavy atom. The summed E-state index contributed by atoms with van der Waals surface area (Å²) in [6.45, 7) is 4.98. The minimum atomic E-state index is -4.67. The molecule has 0 aliphatic heterocycles. The van der Waals surface area contributed by atoms with E-state index in [1.807, 2.05) is 0 Å². The molecule has 0 aliphatic rings. The van der Waals surface area contributed by atoms with Crippen molar-refractivity contribution >= 4 is 10.4 Å². The predicted octanol–water partition coefficient (Wildman–Crippen LogP) is 3.10. The van der Waals surface area contributed by atoms with Crippen molar-refractivity contribution in [3.05, 3.63) is 0 Å². The fraction of sp³-hybridized carbons (Fsp3) is 1.00. The smallest absolute Gasteiger partial charge is 0.394 e. The van der Waals surface area contributed by atoms with Crippen LogP contribution in [0.5, 0.6) is 0 Å². The summed E-state index contributed by atoms with van der Waals surface area (Å²) in [5, 5.41) is 8.57. The molecule has 0 rings (SSSR count). The van der Waals surface area contributed by atoms with E-state index >= 15 is 0 Å². The van der Waals surface area contributed by atoms with Crippen LogP contribution in [0, 0.1) is 5.92 Å². The first-order valence-corrected chi connectivity index (χ1v) is 8.01. The summed E-state index contributed by atoms with van der Waals surface area (Å²) in [7, 11) is -4.67. The SMILES string of the molecule is CCC(C)CCCCCCCCO.O=S(=O)(O)O. The minimum absolute atomic E-state index is 0.368. The molecule has 0 aromatic carbocycles. The van der Waals surface area contributed by atoms with Gasteiger partial charge in [-0.25, -0.2) is 0 Å². The molecule has 0 amide bonds. The van der Waals surface area contributed by atoms with E-state index in [2.05, 4.69) is 13.8 Å². The molecule has 5 nitrogen and oxygen atoms in total. The van der Waals surface area contributed by atoms with Gasteiger partial charge in [0.2, 0.25) is 0 Å². The maximum atomic E-state index is 8.74. The molecular weight excluding hydrogens is 256 g/mol. The van der Waals surface area contributed by atoms with Crippen LogP contribution in [0.1, 0.15) is 65.2 Å². The number of aliphatic hydroxyl groups is 1. The van der Waals surface area contributed by atoms with Gasteiger partial charge in [0.15, 0.2) is 0 Å². The van der Waals surface area contributed by atoms with Crippen molar-refractivity contribution in [1.29, 1.82) is 0 Å². The third-order valence-electron chi connectivity index (χ3n) is 2.80. The van der Waals surface area contributed by atoms with Gasteiger partial charge in [0.25, 0.3) is 0 Å². The van der Waals surface area contributed by atoms with Gasteiger partial charge in [-0.2, -0.15) is 8.42 Å². The molecule has 6 heteroatoms. The Hall–Kier alpha value is -0.170. The lowest BCUT2D eigenvalue weighted by Crippen LogP contribution is -1.91. The summed E-state index contributed by atoms with van der Waals surface area (Å²) in [6, 6.07) is 0. The number of rotatable bonds is 9. The van der Waals surface area contributed by atoms with Crippen molar-refractivity contribution < 1.29 is 22.6 Å². The zero-order chi connectivity index (χ0) is 14.4. The fourth-order valence-corrected chi connectivity index (χ4v) is 1.52. The first kappa shape index (κ1) is 20.2. The number of aliphatic hydroxyl groups excluding tert-OH is 1. The summed E-state index contributed by atoms with van der Waals surface area (Å²) < 4.78 is 31.6. The van der Waals surface area contributed by atoms with Gasteiger partial charge < -0.3 is 5.11 Å². The lowest BCUT2D eigenvalue weighted by molar-refractivity contribution is 0.282. The quantitative estimate of drug-likeness (QED) is 0.446. The van der Waals surface area contributed by atoms with Crippen LogP contribution in [0.2, 0.25) is 0 Å². The highest BCUT2D eigenvalue weighted by Crippen LogP contribution is 2.13. The minimum Gasteiger partial charge on any atom is -0.396 e. The van der Waals surface area contributed by atoms with Crippen LogP contribution in [-0.4, -0.2) is 29.2 Å². The second kappa shape index (κ2) is 13.3. The average Bonchev–Trinajstić information content (AvgIpc) is 2.25. The molecule has 0 heterocycles. The van der Waals surface area contributed by atoms with E-state index in [1.54, 1.807) is 0 Å². The molecule has 18 heavy (non-hydrogen) atoms. The second-order valence-corrected chi connectivity index (χ2v) is 5.49. The van der Waals surface area contributed by atoms with Crippen LogP contribution < -0.4 is 0 Å². The van der Waals surface area contributed by atoms with Gasteiger partial charge >= 0.3 is 10.4 Å². The zero-order valence-electron chi connectivity index (χ0n) is 11.5. The fourth-order valence-electron chi connectivity index (χ4n) is 1.52. The molecule has 0 fully saturated rings. The summed E-state index contributed by atoms with van der Waals surface area (Å²) >= 11 is 0. The Bertz CT molecular complexity index is 243. The number of unbranched alkanes of at least 4 members (excludes halogenated alkanes) is 5. The highest BCUT2D eigenvalue weighted by molar-refractivity contribution is 7.79. The summed E-state index contributed by atoms with van der Waals surface area (Å²) in [6.07, 6.45) is 10.4. The molecule has 1 atom stereocenters. The lowest BCUT2D eigenvalue weighted by atomic mass is 10.00. The van der Waals surface area contributed by atoms with Crippen LogP contribution in [-0.2, 0) is 10.4 Å². The molecule has 0 bridgehead atoms. The summed E-state index contributed by atoms with van der Waals surface area (Å²) in [5.41, 5.74) is 0. The maximum absolute atomic E-state index is 8.74. The molecule has 0 spiro atoms. The van der Waals surface area contributed by atoms with Gasteiger partial charge in [0.1, 0.15) is 0 Å². The second-order valence-electron chi connectivity index (χ2n) is 4.59. The maximum Gasteiger partial charge on any atom is 0.394 e. The third-order valence-corrected chi connectivity index (χ3v) is 2.80. The Balaban J connectivity index is 0. The standard InChI is InChI=1S/C12H26O.H2O4S/c1-3-12(2)10-8-6-4-5-7-9-11-13;1-5(2,3)4/h12-13H,3-11H2,1-2H3;(H2,1,2,3,4). The average molecular weight is 284 g/mol. The van der Waals surface area contributed by atoms with Crippen LogP contribution in [0.25, 0.3) is 0 Å². The topological polar surface area (TPSA) is 94.8 Å². The highest BCUT2D eigenvalue weighted by Gasteiger charge is 1.97. The van der Waals surface area contributed by atoms with E-state index in [4.69, 9.17) is 22.6 Å². The van der Waals surface area contributed by atoms with E-state index in [0.29, 0.717) is 6.61 Å². The summed E-state index contributed by atoms with van der Waals surface area (Å²) in [5.74, 6) is 0.914. The molecule has 112 valence electrons. The van der Waals surface area contributed by atoms with Gasteiger partial charge in [-0.05, 0) is 12.3 Å². The lowest BCUT2D eigenvalue weighted by Gasteiger charge is -2.07. The van der Waals surface area contributed by atoms with Gasteiger partial charge in [-0.1, -0.05) is 58.8 Å². The largest absolute Gasteiger partial charge is 0.396 e. The van der Waals surface area contributed by atoms with E-state index in [9.17, 15) is 0 Å². The van der Waals surface area contributed by atoms with E-state index in [-0.39, 0.29) is 0 Å². The monoisotopic (exact) mass is 284 g/mol. The molecule has 0 radical (unpaired) electrons. The number of hydrogen-bond acceptors (Lipinski definition) is 3. The van der Waals surface area contributed by atoms with Crippen molar-refractivity contribution in [3.63, 3.8) is 0 Å². The third kappa shape index (κ3) is 29.7. The van der Waals surface area contributed by atoms with Crippen molar-refractivity contribution in [2.24, 2.45) is 5.92 Å². The van der Waals surface area contributed by atoms with Crippen LogP contribution in [0.15, 0.2) is 0 Å². The molecule has 0 aromatic rings. The van der Waals surface area contributed by atoms with Gasteiger partial charge in [-0.15, -0.1) is 0 Å². The van der Waals surface area contributed by atoms with E-state index in [1.165, 1.54) is 44.9 Å². The molecular formula is C12H28O5S. The Morgan fingerprint density at radius 3 is 1.72 bits per heavy atom. The Kier molecular flexibility index (Phi) is 14.9. The first-order chi connectivity index (χ1) is 8.31. The van der Waals surface area contributed by atoms with Crippen molar-refractivity contribution in [3.8, 4) is 0 Å². The van der Waals surface area contributed by atoms with Crippen molar-refractivity contribution in [2.75, 3.05) is 6.61 Å². The normalized spacial score (nSPS) is 12.7. The van der Waals surface area contributed by atoms with Gasteiger partial charge in [0, 0.05) is 6.61 Å². The highest BCUT2D eigenvalue weighted by atomic mass is 32.3. The molecule has 0 aromatic heterocycles. The van der Waals surface area contributed by atoms with E-state index < -0.39 is 10.4 Å². The van der Waals surface area contributed by atoms with Gasteiger partial charge in [0.05, 0.1) is 0 Å². The van der Waals surface area contributed by atoms with Crippen LogP contribution in [0.3, 0.4) is 0 Å². The Labute approximate surface area is 111 Å². The van der Waals surface area contributed by atoms with Gasteiger partial charge in [-0.3, -0.25) is 9.11 Å². The zero-order valence-corrected chi connectivity index (χ0v) is 12.3. The molecule has 0 saturated heterocycles. The molecule has 3 N–H and O–H groups in total. The molecule has 0 aliphatic carbocycles. The molecule has 0 saturated carbocycles. The van der Waals surface area contributed by atoms with Crippen molar-refractivity contribution in [1.82, 2.24) is 0 Å². The van der Waals surface area contributed by atoms with Crippen LogP contribution >= 0.6 is 0 Å². The van der Waals surface area contributed by atoms with E-state index in [0.717, 1.165) is 12.3 Å². The molecule has 1 unspecified atom stereocenters. The summed E-state index contributed by atoms with van der Waals surface area (Å²) in [4.78, 5) is 0.